The Morgan fingerprint density at radius 3 is 2.53 bits per heavy atom. The fraction of sp³-hybridized carbons (Fsp3) is 0.640. The van der Waals surface area contributed by atoms with Crippen LogP contribution in [-0.2, 0) is 16.1 Å². The highest BCUT2D eigenvalue weighted by Crippen LogP contribution is 2.59. The van der Waals surface area contributed by atoms with Gasteiger partial charge in [0, 0.05) is 19.3 Å². The zero-order chi connectivity index (χ0) is 22.3. The number of amides is 1. The fourth-order valence-corrected chi connectivity index (χ4v) is 6.95. The SMILES string of the molecule is CCOC(=O)CN(C)Cc1cn2c(C(=O)NCC34CC5CC(CC(C5)C3)C4)cccc2n1. The molecule has 0 radical (unpaired) electrons. The van der Waals surface area contributed by atoms with Crippen LogP contribution in [-0.4, -0.2) is 52.9 Å². The van der Waals surface area contributed by atoms with Gasteiger partial charge in [0.25, 0.3) is 5.91 Å². The van der Waals surface area contributed by atoms with Gasteiger partial charge in [-0.1, -0.05) is 6.07 Å². The first-order valence-corrected chi connectivity index (χ1v) is 12.0. The number of carbonyl (C=O) groups excluding carboxylic acids is 2. The summed E-state index contributed by atoms with van der Waals surface area (Å²) < 4.78 is 6.88. The van der Waals surface area contributed by atoms with Gasteiger partial charge in [0.15, 0.2) is 0 Å². The lowest BCUT2D eigenvalue weighted by atomic mass is 9.49. The van der Waals surface area contributed by atoms with Crippen molar-refractivity contribution in [3.8, 4) is 0 Å². The maximum Gasteiger partial charge on any atom is 0.320 e. The van der Waals surface area contributed by atoms with Crippen LogP contribution >= 0.6 is 0 Å². The van der Waals surface area contributed by atoms with Crippen molar-refractivity contribution in [2.24, 2.45) is 23.2 Å². The third kappa shape index (κ3) is 4.27. The minimum atomic E-state index is -0.247. The highest BCUT2D eigenvalue weighted by Gasteiger charge is 2.50. The Labute approximate surface area is 189 Å². The van der Waals surface area contributed by atoms with Crippen LogP contribution in [0.3, 0.4) is 0 Å². The monoisotopic (exact) mass is 438 g/mol. The molecule has 2 heterocycles. The van der Waals surface area contributed by atoms with Gasteiger partial charge in [-0.25, -0.2) is 4.98 Å². The fourth-order valence-electron chi connectivity index (χ4n) is 6.95. The van der Waals surface area contributed by atoms with E-state index in [2.05, 4.69) is 10.3 Å². The molecule has 0 saturated heterocycles. The minimum Gasteiger partial charge on any atom is -0.465 e. The molecule has 4 saturated carbocycles. The van der Waals surface area contributed by atoms with Gasteiger partial charge < -0.3 is 10.1 Å². The number of aromatic nitrogens is 2. The van der Waals surface area contributed by atoms with Crippen LogP contribution in [0.15, 0.2) is 24.4 Å². The van der Waals surface area contributed by atoms with E-state index in [4.69, 9.17) is 4.74 Å². The molecule has 4 aliphatic rings. The molecular weight excluding hydrogens is 404 g/mol. The van der Waals surface area contributed by atoms with E-state index in [0.29, 0.717) is 24.3 Å². The van der Waals surface area contributed by atoms with Gasteiger partial charge in [-0.15, -0.1) is 0 Å². The lowest BCUT2D eigenvalue weighted by Gasteiger charge is -2.56. The van der Waals surface area contributed by atoms with Crippen molar-refractivity contribution in [3.05, 3.63) is 35.8 Å². The number of esters is 1. The van der Waals surface area contributed by atoms with E-state index in [0.717, 1.165) is 35.6 Å². The molecule has 0 unspecified atom stereocenters. The molecule has 0 spiro atoms. The molecular formula is C25H34N4O3. The lowest BCUT2D eigenvalue weighted by Crippen LogP contribution is -2.51. The van der Waals surface area contributed by atoms with Gasteiger partial charge in [0.2, 0.25) is 0 Å². The van der Waals surface area contributed by atoms with E-state index in [1.807, 2.05) is 40.7 Å². The Balaban J connectivity index is 1.26. The number of hydrogen-bond acceptors (Lipinski definition) is 5. The Morgan fingerprint density at radius 2 is 1.88 bits per heavy atom. The van der Waals surface area contributed by atoms with Crippen molar-refractivity contribution in [2.45, 2.75) is 52.0 Å². The van der Waals surface area contributed by atoms with Crippen LogP contribution in [0.2, 0.25) is 0 Å². The summed E-state index contributed by atoms with van der Waals surface area (Å²) in [4.78, 5) is 31.4. The summed E-state index contributed by atoms with van der Waals surface area (Å²) in [6.45, 7) is 3.68. The van der Waals surface area contributed by atoms with Crippen LogP contribution < -0.4 is 5.32 Å². The molecule has 0 atom stereocenters. The second kappa shape index (κ2) is 8.50. The summed E-state index contributed by atoms with van der Waals surface area (Å²) in [5, 5.41) is 3.28. The van der Waals surface area contributed by atoms with Crippen molar-refractivity contribution >= 4 is 17.5 Å². The quantitative estimate of drug-likeness (QED) is 0.640. The molecule has 0 aliphatic heterocycles. The molecule has 2 aromatic rings. The van der Waals surface area contributed by atoms with Gasteiger partial charge >= 0.3 is 5.97 Å². The number of nitrogens with one attached hydrogen (secondary N) is 1. The van der Waals surface area contributed by atoms with Gasteiger partial charge in [0.1, 0.15) is 11.3 Å². The number of ether oxygens (including phenoxy) is 1. The first-order chi connectivity index (χ1) is 15.4. The van der Waals surface area contributed by atoms with E-state index >= 15 is 0 Å². The third-order valence-electron chi connectivity index (χ3n) is 7.70. The number of rotatable bonds is 8. The topological polar surface area (TPSA) is 75.9 Å². The van der Waals surface area contributed by atoms with Crippen molar-refractivity contribution in [2.75, 3.05) is 26.7 Å². The molecule has 1 amide bonds. The van der Waals surface area contributed by atoms with Gasteiger partial charge in [0.05, 0.1) is 18.8 Å². The predicted octanol–water partition coefficient (Wildman–Crippen LogP) is 3.28. The molecule has 32 heavy (non-hydrogen) atoms. The number of imidazole rings is 1. The molecule has 7 nitrogen and oxygen atoms in total. The van der Waals surface area contributed by atoms with Gasteiger partial charge in [-0.2, -0.15) is 0 Å². The third-order valence-corrected chi connectivity index (χ3v) is 7.70. The number of nitrogens with zero attached hydrogens (tertiary/aromatic N) is 3. The highest BCUT2D eigenvalue weighted by atomic mass is 16.5. The Morgan fingerprint density at radius 1 is 1.19 bits per heavy atom. The van der Waals surface area contributed by atoms with Crippen molar-refractivity contribution in [1.29, 1.82) is 0 Å². The van der Waals surface area contributed by atoms with Crippen LogP contribution in [0.1, 0.15) is 61.6 Å². The standard InChI is InChI=1S/C25H34N4O3/c1-3-32-23(30)15-28(2)13-20-14-29-21(5-4-6-22(29)27-20)24(31)26-16-25-10-17-7-18(11-25)9-19(8-17)12-25/h4-6,14,17-19H,3,7-13,15-16H2,1-2H3,(H,26,31). The lowest BCUT2D eigenvalue weighted by molar-refractivity contribution is -0.144. The van der Waals surface area contributed by atoms with Crippen LogP contribution in [0.4, 0.5) is 0 Å². The normalized spacial score (nSPS) is 28.4. The average molecular weight is 439 g/mol. The average Bonchev–Trinajstić information content (AvgIpc) is 3.13. The van der Waals surface area contributed by atoms with Crippen LogP contribution in [0.5, 0.6) is 0 Å². The second-order valence-electron chi connectivity index (χ2n) is 10.4. The maximum absolute atomic E-state index is 13.2. The highest BCUT2D eigenvalue weighted by molar-refractivity contribution is 5.93. The molecule has 6 rings (SSSR count). The summed E-state index contributed by atoms with van der Waals surface area (Å²) in [6, 6.07) is 5.65. The Hall–Kier alpha value is -2.41. The maximum atomic E-state index is 13.2. The van der Waals surface area contributed by atoms with Crippen molar-refractivity contribution in [3.63, 3.8) is 0 Å². The van der Waals surface area contributed by atoms with Crippen molar-refractivity contribution < 1.29 is 14.3 Å². The molecule has 4 bridgehead atoms. The smallest absolute Gasteiger partial charge is 0.320 e. The van der Waals surface area contributed by atoms with Crippen LogP contribution in [0, 0.1) is 23.2 Å². The molecule has 7 heteroatoms. The largest absolute Gasteiger partial charge is 0.465 e. The van der Waals surface area contributed by atoms with E-state index < -0.39 is 0 Å². The first kappa shape index (κ1) is 21.4. The summed E-state index contributed by atoms with van der Waals surface area (Å²) in [7, 11) is 1.86. The summed E-state index contributed by atoms with van der Waals surface area (Å²) >= 11 is 0. The number of fused-ring (bicyclic) bond motifs is 1. The zero-order valence-corrected chi connectivity index (χ0v) is 19.2. The molecule has 0 aromatic carbocycles. The van der Waals surface area contributed by atoms with E-state index in [1.165, 1.54) is 38.5 Å². The molecule has 4 aliphatic carbocycles. The summed E-state index contributed by atoms with van der Waals surface area (Å²) in [5.41, 5.74) is 2.48. The van der Waals surface area contributed by atoms with Crippen LogP contribution in [0.25, 0.3) is 5.65 Å². The first-order valence-electron chi connectivity index (χ1n) is 12.0. The van der Waals surface area contributed by atoms with Crippen molar-refractivity contribution in [1.82, 2.24) is 19.6 Å². The molecule has 4 fully saturated rings. The number of carbonyl (C=O) groups is 2. The second-order valence-corrected chi connectivity index (χ2v) is 10.4. The Kier molecular flexibility index (Phi) is 5.70. The summed E-state index contributed by atoms with van der Waals surface area (Å²) in [5.74, 6) is 2.36. The molecule has 1 N–H and O–H groups in total. The van der Waals surface area contributed by atoms with Gasteiger partial charge in [-0.3, -0.25) is 18.9 Å². The predicted molar refractivity (Wildman–Crippen MR) is 121 cm³/mol. The van der Waals surface area contributed by atoms with Gasteiger partial charge in [-0.05, 0) is 87.8 Å². The molecule has 2 aromatic heterocycles. The van der Waals surface area contributed by atoms with E-state index in [1.54, 1.807) is 6.92 Å². The van der Waals surface area contributed by atoms with E-state index in [9.17, 15) is 9.59 Å². The Bertz CT molecular complexity index is 978. The number of pyridine rings is 1. The number of likely N-dealkylation sites (N-methyl/N-ethyl adjacent to an activating group) is 1. The number of hydrogen-bond donors (Lipinski definition) is 1. The van der Waals surface area contributed by atoms with E-state index in [-0.39, 0.29) is 18.4 Å². The molecule has 172 valence electrons. The zero-order valence-electron chi connectivity index (χ0n) is 19.2. The minimum absolute atomic E-state index is 0.0322. The summed E-state index contributed by atoms with van der Waals surface area (Å²) in [6.07, 6.45) is 9.98.